The summed E-state index contributed by atoms with van der Waals surface area (Å²) >= 11 is 0. The molecule has 1 aromatic carbocycles. The fourth-order valence-corrected chi connectivity index (χ4v) is 3.41. The number of rotatable bonds is 9. The molecule has 9 heteroatoms. The Morgan fingerprint density at radius 1 is 1.12 bits per heavy atom. The van der Waals surface area contributed by atoms with Crippen molar-refractivity contribution in [2.45, 2.75) is 33.4 Å². The summed E-state index contributed by atoms with van der Waals surface area (Å²) in [6, 6.07) is 12.2. The number of halogens is 1. The lowest BCUT2D eigenvalue weighted by Gasteiger charge is -2.27. The molecule has 0 aliphatic carbocycles. The first-order valence-electron chi connectivity index (χ1n) is 11.3. The van der Waals surface area contributed by atoms with Crippen molar-refractivity contribution in [3.05, 3.63) is 59.3 Å². The molecular formula is C24H35IN6O2. The Hall–Kier alpha value is -2.24. The maximum absolute atomic E-state index is 12.2. The van der Waals surface area contributed by atoms with Gasteiger partial charge < -0.3 is 20.7 Å². The van der Waals surface area contributed by atoms with Crippen molar-refractivity contribution >= 4 is 41.7 Å². The fraction of sp³-hybridized carbons (Fsp3) is 0.458. The SMILES string of the molecule is CCNC(=NCc1ccccc1CN1CCOCC1)NCCC(=O)Nc1ccc(C)cn1.I. The molecule has 2 aromatic rings. The molecule has 0 spiro atoms. The van der Waals surface area contributed by atoms with E-state index in [2.05, 4.69) is 50.1 Å². The number of hydrogen-bond acceptors (Lipinski definition) is 5. The lowest BCUT2D eigenvalue weighted by atomic mass is 10.1. The van der Waals surface area contributed by atoms with Crippen LogP contribution in [0.25, 0.3) is 0 Å². The van der Waals surface area contributed by atoms with Crippen LogP contribution < -0.4 is 16.0 Å². The van der Waals surface area contributed by atoms with Gasteiger partial charge in [0.2, 0.25) is 5.91 Å². The Morgan fingerprint density at radius 2 is 1.88 bits per heavy atom. The zero-order chi connectivity index (χ0) is 22.6. The smallest absolute Gasteiger partial charge is 0.227 e. The molecule has 0 unspecified atom stereocenters. The third-order valence-corrected chi connectivity index (χ3v) is 5.19. The molecule has 1 aromatic heterocycles. The normalized spacial score (nSPS) is 14.3. The minimum absolute atomic E-state index is 0. The van der Waals surface area contributed by atoms with Crippen LogP contribution in [0.2, 0.25) is 0 Å². The summed E-state index contributed by atoms with van der Waals surface area (Å²) in [6.07, 6.45) is 2.06. The number of hydrogen-bond donors (Lipinski definition) is 3. The van der Waals surface area contributed by atoms with Crippen molar-refractivity contribution in [1.29, 1.82) is 0 Å². The number of aryl methyl sites for hydroxylation is 1. The average Bonchev–Trinajstić information content (AvgIpc) is 2.80. The molecule has 0 radical (unpaired) electrons. The number of carbonyl (C=O) groups is 1. The lowest BCUT2D eigenvalue weighted by molar-refractivity contribution is -0.116. The highest BCUT2D eigenvalue weighted by molar-refractivity contribution is 14.0. The van der Waals surface area contributed by atoms with Crippen LogP contribution in [0.1, 0.15) is 30.0 Å². The van der Waals surface area contributed by atoms with Gasteiger partial charge in [-0.15, -0.1) is 24.0 Å². The van der Waals surface area contributed by atoms with Crippen LogP contribution in [0.5, 0.6) is 0 Å². The van der Waals surface area contributed by atoms with Gasteiger partial charge in [0.15, 0.2) is 5.96 Å². The Bertz CT molecular complexity index is 885. The van der Waals surface area contributed by atoms with E-state index in [1.807, 2.05) is 19.9 Å². The number of pyridine rings is 1. The van der Waals surface area contributed by atoms with E-state index in [1.54, 1.807) is 12.3 Å². The second-order valence-electron chi connectivity index (χ2n) is 7.80. The maximum Gasteiger partial charge on any atom is 0.227 e. The second kappa shape index (κ2) is 14.8. The number of anilines is 1. The van der Waals surface area contributed by atoms with Crippen molar-refractivity contribution in [1.82, 2.24) is 20.5 Å². The van der Waals surface area contributed by atoms with Crippen molar-refractivity contribution in [3.63, 3.8) is 0 Å². The minimum Gasteiger partial charge on any atom is -0.379 e. The van der Waals surface area contributed by atoms with Crippen LogP contribution in [0.15, 0.2) is 47.6 Å². The second-order valence-corrected chi connectivity index (χ2v) is 7.80. The maximum atomic E-state index is 12.2. The highest BCUT2D eigenvalue weighted by Crippen LogP contribution is 2.14. The standard InChI is InChI=1S/C24H34N6O2.HI/c1-3-25-24(26-11-10-23(31)29-22-9-8-19(2)16-27-22)28-17-20-6-4-5-7-21(20)18-30-12-14-32-15-13-30;/h4-9,16H,3,10-15,17-18H2,1-2H3,(H2,25,26,28)(H,27,29,31);1H. The third-order valence-electron chi connectivity index (χ3n) is 5.19. The quantitative estimate of drug-likeness (QED) is 0.246. The van der Waals surface area contributed by atoms with Crippen LogP contribution in [-0.4, -0.2) is 61.1 Å². The van der Waals surface area contributed by atoms with Crippen molar-refractivity contribution in [2.75, 3.05) is 44.7 Å². The number of aliphatic imine (C=N–C) groups is 1. The number of guanidine groups is 1. The predicted molar refractivity (Wildman–Crippen MR) is 143 cm³/mol. The summed E-state index contributed by atoms with van der Waals surface area (Å²) in [5.41, 5.74) is 3.56. The number of aromatic nitrogens is 1. The van der Waals surface area contributed by atoms with Gasteiger partial charge in [0.25, 0.3) is 0 Å². The molecule has 3 N–H and O–H groups in total. The Balaban J connectivity index is 0.00000385. The third kappa shape index (κ3) is 9.65. The zero-order valence-corrected chi connectivity index (χ0v) is 21.8. The molecule has 180 valence electrons. The molecule has 8 nitrogen and oxygen atoms in total. The molecule has 3 rings (SSSR count). The Labute approximate surface area is 213 Å². The number of nitrogens with one attached hydrogen (secondary N) is 3. The molecule has 2 heterocycles. The van der Waals surface area contributed by atoms with Gasteiger partial charge >= 0.3 is 0 Å². The molecule has 0 saturated carbocycles. The minimum atomic E-state index is -0.0828. The van der Waals surface area contributed by atoms with Crippen molar-refractivity contribution < 1.29 is 9.53 Å². The summed E-state index contributed by atoms with van der Waals surface area (Å²) < 4.78 is 5.45. The van der Waals surface area contributed by atoms with Crippen LogP contribution >= 0.6 is 24.0 Å². The molecule has 1 fully saturated rings. The number of benzene rings is 1. The van der Waals surface area contributed by atoms with E-state index in [0.717, 1.165) is 45.0 Å². The monoisotopic (exact) mass is 566 g/mol. The number of amides is 1. The molecular weight excluding hydrogens is 531 g/mol. The first-order valence-corrected chi connectivity index (χ1v) is 11.3. The van der Waals surface area contributed by atoms with Crippen molar-refractivity contribution in [2.24, 2.45) is 4.99 Å². The lowest BCUT2D eigenvalue weighted by Crippen LogP contribution is -2.38. The molecule has 1 saturated heterocycles. The van der Waals surface area contributed by atoms with Gasteiger partial charge in [-0.1, -0.05) is 30.3 Å². The predicted octanol–water partition coefficient (Wildman–Crippen LogP) is 2.92. The van der Waals surface area contributed by atoms with E-state index in [4.69, 9.17) is 9.73 Å². The highest BCUT2D eigenvalue weighted by Gasteiger charge is 2.12. The average molecular weight is 566 g/mol. The van der Waals surface area contributed by atoms with Crippen LogP contribution in [0.4, 0.5) is 5.82 Å². The summed E-state index contributed by atoms with van der Waals surface area (Å²) in [6.45, 7) is 10.2. The fourth-order valence-electron chi connectivity index (χ4n) is 3.41. The van der Waals surface area contributed by atoms with Gasteiger partial charge in [0, 0.05) is 45.3 Å². The first-order chi connectivity index (χ1) is 15.6. The van der Waals surface area contributed by atoms with E-state index in [9.17, 15) is 4.79 Å². The molecule has 1 aliphatic heterocycles. The summed E-state index contributed by atoms with van der Waals surface area (Å²) in [5, 5.41) is 9.31. The zero-order valence-electron chi connectivity index (χ0n) is 19.5. The molecule has 1 aliphatic rings. The Kier molecular flexibility index (Phi) is 12.1. The van der Waals surface area contributed by atoms with Gasteiger partial charge in [-0.05, 0) is 36.6 Å². The summed E-state index contributed by atoms with van der Waals surface area (Å²) in [4.78, 5) is 23.5. The molecule has 0 atom stereocenters. The number of nitrogens with zero attached hydrogens (tertiary/aromatic N) is 3. The van der Waals surface area contributed by atoms with Crippen LogP contribution in [-0.2, 0) is 22.6 Å². The van der Waals surface area contributed by atoms with E-state index < -0.39 is 0 Å². The highest BCUT2D eigenvalue weighted by atomic mass is 127. The van der Waals surface area contributed by atoms with Crippen molar-refractivity contribution in [3.8, 4) is 0 Å². The number of morpholine rings is 1. The van der Waals surface area contributed by atoms with E-state index in [-0.39, 0.29) is 29.9 Å². The molecule has 0 bridgehead atoms. The summed E-state index contributed by atoms with van der Waals surface area (Å²) in [7, 11) is 0. The largest absolute Gasteiger partial charge is 0.379 e. The molecule has 1 amide bonds. The molecule has 33 heavy (non-hydrogen) atoms. The first kappa shape index (κ1) is 27.0. The van der Waals surface area contributed by atoms with E-state index >= 15 is 0 Å². The Morgan fingerprint density at radius 3 is 2.58 bits per heavy atom. The number of ether oxygens (including phenoxy) is 1. The van der Waals surface area contributed by atoms with Crippen LogP contribution in [0, 0.1) is 6.92 Å². The number of carbonyl (C=O) groups excluding carboxylic acids is 1. The van der Waals surface area contributed by atoms with Gasteiger partial charge in [-0.25, -0.2) is 9.98 Å². The van der Waals surface area contributed by atoms with Gasteiger partial charge in [0.1, 0.15) is 5.82 Å². The van der Waals surface area contributed by atoms with E-state index in [0.29, 0.717) is 31.3 Å². The van der Waals surface area contributed by atoms with Gasteiger partial charge in [-0.2, -0.15) is 0 Å². The summed E-state index contributed by atoms with van der Waals surface area (Å²) in [5.74, 6) is 1.19. The van der Waals surface area contributed by atoms with Gasteiger partial charge in [0.05, 0.1) is 19.8 Å². The van der Waals surface area contributed by atoms with Crippen LogP contribution in [0.3, 0.4) is 0 Å². The van der Waals surface area contributed by atoms with Gasteiger partial charge in [-0.3, -0.25) is 9.69 Å². The van der Waals surface area contributed by atoms with E-state index in [1.165, 1.54) is 11.1 Å². The topological polar surface area (TPSA) is 90.9 Å².